The summed E-state index contributed by atoms with van der Waals surface area (Å²) in [6, 6.07) is 25.4. The van der Waals surface area contributed by atoms with Gasteiger partial charge in [-0.1, -0.05) is 42.5 Å². The van der Waals surface area contributed by atoms with Crippen LogP contribution in [0.2, 0.25) is 0 Å². The molecule has 0 aliphatic carbocycles. The number of carbonyl (C=O) groups excluding carboxylic acids is 2. The number of carbonyl (C=O) groups is 2. The van der Waals surface area contributed by atoms with Crippen molar-refractivity contribution < 1.29 is 9.59 Å². The van der Waals surface area contributed by atoms with Gasteiger partial charge in [0.25, 0.3) is 11.8 Å². The molecule has 0 aromatic heterocycles. The van der Waals surface area contributed by atoms with Crippen molar-refractivity contribution in [1.82, 2.24) is 5.32 Å². The molecule has 144 valence electrons. The maximum absolute atomic E-state index is 12.4. The van der Waals surface area contributed by atoms with Crippen molar-refractivity contribution in [2.75, 3.05) is 11.9 Å². The number of aryl methyl sites for hydroxylation is 1. The number of nitrogens with one attached hydrogen (secondary N) is 2. The second-order valence-corrected chi connectivity index (χ2v) is 6.53. The maximum Gasteiger partial charge on any atom is 0.255 e. The number of nitrogens with zero attached hydrogens (tertiary/aromatic N) is 1. The van der Waals surface area contributed by atoms with E-state index in [0.29, 0.717) is 28.9 Å². The molecule has 2 N–H and O–H groups in total. The predicted octanol–water partition coefficient (Wildman–Crippen LogP) is 4.17. The minimum atomic E-state index is -0.331. The van der Waals surface area contributed by atoms with Crippen molar-refractivity contribution in [2.24, 2.45) is 0 Å². The summed E-state index contributed by atoms with van der Waals surface area (Å²) < 4.78 is 0. The lowest BCUT2D eigenvalue weighted by Gasteiger charge is -2.08. The van der Waals surface area contributed by atoms with Crippen LogP contribution in [0.1, 0.15) is 38.3 Å². The number of amides is 2. The topological polar surface area (TPSA) is 82.0 Å². The highest BCUT2D eigenvalue weighted by atomic mass is 16.2. The van der Waals surface area contributed by atoms with Crippen LogP contribution in [0.5, 0.6) is 0 Å². The Bertz CT molecular complexity index is 1020. The fraction of sp³-hybridized carbons (Fsp3) is 0.125. The predicted molar refractivity (Wildman–Crippen MR) is 113 cm³/mol. The molecule has 29 heavy (non-hydrogen) atoms. The van der Waals surface area contributed by atoms with Crippen LogP contribution in [-0.4, -0.2) is 18.4 Å². The van der Waals surface area contributed by atoms with E-state index in [0.717, 1.165) is 12.8 Å². The summed E-state index contributed by atoms with van der Waals surface area (Å²) in [5.41, 5.74) is 3.01. The molecule has 0 heterocycles. The Kier molecular flexibility index (Phi) is 6.75. The monoisotopic (exact) mass is 383 g/mol. The average Bonchev–Trinajstić information content (AvgIpc) is 2.77. The summed E-state index contributed by atoms with van der Waals surface area (Å²) in [7, 11) is 0. The molecule has 0 spiro atoms. The van der Waals surface area contributed by atoms with Crippen LogP contribution in [0.15, 0.2) is 78.9 Å². The van der Waals surface area contributed by atoms with Crippen molar-refractivity contribution in [3.8, 4) is 6.07 Å². The zero-order valence-electron chi connectivity index (χ0n) is 15.9. The molecule has 0 saturated carbocycles. The molecule has 0 atom stereocenters. The van der Waals surface area contributed by atoms with E-state index in [1.54, 1.807) is 48.5 Å². The Morgan fingerprint density at radius 3 is 2.10 bits per heavy atom. The normalized spacial score (nSPS) is 10.0. The first-order chi connectivity index (χ1) is 14.2. The summed E-state index contributed by atoms with van der Waals surface area (Å²) in [6.45, 7) is 0.584. The quantitative estimate of drug-likeness (QED) is 0.601. The molecule has 0 aliphatic rings. The van der Waals surface area contributed by atoms with Crippen LogP contribution in [0.3, 0.4) is 0 Å². The first-order valence-electron chi connectivity index (χ1n) is 9.40. The van der Waals surface area contributed by atoms with E-state index in [2.05, 4.69) is 22.8 Å². The molecule has 0 radical (unpaired) electrons. The lowest BCUT2D eigenvalue weighted by atomic mass is 10.1. The number of hydrogen-bond donors (Lipinski definition) is 2. The summed E-state index contributed by atoms with van der Waals surface area (Å²) in [5.74, 6) is -0.498. The number of rotatable bonds is 7. The van der Waals surface area contributed by atoms with Crippen molar-refractivity contribution in [3.63, 3.8) is 0 Å². The first kappa shape index (κ1) is 19.8. The van der Waals surface area contributed by atoms with E-state index in [-0.39, 0.29) is 11.8 Å². The van der Waals surface area contributed by atoms with Crippen LogP contribution < -0.4 is 10.6 Å². The van der Waals surface area contributed by atoms with E-state index in [9.17, 15) is 9.59 Å². The molecule has 2 amide bonds. The second kappa shape index (κ2) is 9.86. The number of hydrogen-bond acceptors (Lipinski definition) is 3. The van der Waals surface area contributed by atoms with Gasteiger partial charge in [0.1, 0.15) is 6.07 Å². The lowest BCUT2D eigenvalue weighted by molar-refractivity contribution is 0.0951. The third kappa shape index (κ3) is 5.53. The standard InChI is InChI=1S/C24H21N3O2/c25-17-21-10-4-5-11-22(21)27-24(29)20-14-12-19(13-15-20)23(28)26-16-6-9-18-7-2-1-3-8-18/h1-5,7-8,10-15H,6,9,16H2,(H,26,28)(H,27,29). The van der Waals surface area contributed by atoms with Crippen LogP contribution in [-0.2, 0) is 6.42 Å². The first-order valence-corrected chi connectivity index (χ1v) is 9.40. The van der Waals surface area contributed by atoms with Gasteiger partial charge in [-0.05, 0) is 54.8 Å². The summed E-state index contributed by atoms with van der Waals surface area (Å²) in [4.78, 5) is 24.7. The van der Waals surface area contributed by atoms with Crippen LogP contribution in [0, 0.1) is 11.3 Å². The minimum Gasteiger partial charge on any atom is -0.352 e. The van der Waals surface area contributed by atoms with Crippen molar-refractivity contribution >= 4 is 17.5 Å². The van der Waals surface area contributed by atoms with Crippen molar-refractivity contribution in [2.45, 2.75) is 12.8 Å². The van der Waals surface area contributed by atoms with Gasteiger partial charge >= 0.3 is 0 Å². The van der Waals surface area contributed by atoms with Crippen molar-refractivity contribution in [3.05, 3.63) is 101 Å². The minimum absolute atomic E-state index is 0.167. The highest BCUT2D eigenvalue weighted by molar-refractivity contribution is 6.05. The van der Waals surface area contributed by atoms with Gasteiger partial charge in [0.15, 0.2) is 0 Å². The molecule has 5 heteroatoms. The SMILES string of the molecule is N#Cc1ccccc1NC(=O)c1ccc(C(=O)NCCCc2ccccc2)cc1. The maximum atomic E-state index is 12.4. The number of anilines is 1. The fourth-order valence-electron chi connectivity index (χ4n) is 2.90. The average molecular weight is 383 g/mol. The van der Waals surface area contributed by atoms with Gasteiger partial charge in [0, 0.05) is 17.7 Å². The Morgan fingerprint density at radius 1 is 0.793 bits per heavy atom. The van der Waals surface area contributed by atoms with Crippen LogP contribution >= 0.6 is 0 Å². The van der Waals surface area contributed by atoms with Gasteiger partial charge < -0.3 is 10.6 Å². The molecule has 5 nitrogen and oxygen atoms in total. The Balaban J connectivity index is 1.51. The van der Waals surface area contributed by atoms with E-state index < -0.39 is 0 Å². The molecular formula is C24H21N3O2. The van der Waals surface area contributed by atoms with Crippen LogP contribution in [0.25, 0.3) is 0 Å². The molecule has 0 aliphatic heterocycles. The number of para-hydroxylation sites is 1. The molecule has 0 bridgehead atoms. The van der Waals surface area contributed by atoms with E-state index >= 15 is 0 Å². The smallest absolute Gasteiger partial charge is 0.255 e. The molecule has 0 saturated heterocycles. The Labute approximate surface area is 170 Å². The highest BCUT2D eigenvalue weighted by Crippen LogP contribution is 2.15. The zero-order chi connectivity index (χ0) is 20.5. The van der Waals surface area contributed by atoms with Crippen LogP contribution in [0.4, 0.5) is 5.69 Å². The fourth-order valence-corrected chi connectivity index (χ4v) is 2.90. The second-order valence-electron chi connectivity index (χ2n) is 6.53. The number of nitriles is 1. The largest absolute Gasteiger partial charge is 0.352 e. The van der Waals surface area contributed by atoms with Crippen molar-refractivity contribution in [1.29, 1.82) is 5.26 Å². The van der Waals surface area contributed by atoms with E-state index in [1.807, 2.05) is 24.3 Å². The Hall–Kier alpha value is -3.91. The van der Waals surface area contributed by atoms with Gasteiger partial charge in [-0.2, -0.15) is 5.26 Å². The van der Waals surface area contributed by atoms with E-state index in [4.69, 9.17) is 5.26 Å². The molecule has 0 unspecified atom stereocenters. The number of benzene rings is 3. The summed E-state index contributed by atoms with van der Waals surface area (Å²) in [5, 5.41) is 14.7. The lowest BCUT2D eigenvalue weighted by Crippen LogP contribution is -2.24. The molecule has 3 aromatic rings. The van der Waals surface area contributed by atoms with Gasteiger partial charge in [-0.25, -0.2) is 0 Å². The highest BCUT2D eigenvalue weighted by Gasteiger charge is 2.10. The van der Waals surface area contributed by atoms with Gasteiger partial charge in [0.05, 0.1) is 11.3 Å². The third-order valence-electron chi connectivity index (χ3n) is 4.48. The molecule has 3 rings (SSSR count). The summed E-state index contributed by atoms with van der Waals surface area (Å²) in [6.07, 6.45) is 1.76. The van der Waals surface area contributed by atoms with Gasteiger partial charge in [-0.3, -0.25) is 9.59 Å². The van der Waals surface area contributed by atoms with Gasteiger partial charge in [0.2, 0.25) is 0 Å². The molecular weight excluding hydrogens is 362 g/mol. The third-order valence-corrected chi connectivity index (χ3v) is 4.48. The summed E-state index contributed by atoms with van der Waals surface area (Å²) >= 11 is 0. The Morgan fingerprint density at radius 2 is 1.41 bits per heavy atom. The van der Waals surface area contributed by atoms with Gasteiger partial charge in [-0.15, -0.1) is 0 Å². The zero-order valence-corrected chi connectivity index (χ0v) is 15.9. The molecule has 3 aromatic carbocycles. The van der Waals surface area contributed by atoms with E-state index in [1.165, 1.54) is 5.56 Å². The molecule has 0 fully saturated rings.